The lowest BCUT2D eigenvalue weighted by molar-refractivity contribution is -0.149. The Morgan fingerprint density at radius 2 is 1.74 bits per heavy atom. The predicted octanol–water partition coefficient (Wildman–Crippen LogP) is 2.09. The largest absolute Gasteiger partial charge is 0.480 e. The molecule has 0 saturated heterocycles. The molecule has 0 spiro atoms. The zero-order valence-electron chi connectivity index (χ0n) is 11.5. The van der Waals surface area contributed by atoms with Gasteiger partial charge in [-0.1, -0.05) is 12.1 Å². The zero-order valence-corrected chi connectivity index (χ0v) is 11.5. The summed E-state index contributed by atoms with van der Waals surface area (Å²) in [7, 11) is 0. The van der Waals surface area contributed by atoms with E-state index < -0.39 is 11.4 Å². The van der Waals surface area contributed by atoms with Gasteiger partial charge in [-0.05, 0) is 55.9 Å². The number of carbonyl (C=O) groups is 2. The molecule has 0 aromatic heterocycles. The van der Waals surface area contributed by atoms with E-state index in [1.807, 2.05) is 26.8 Å². The molecule has 1 aromatic carbocycles. The number of aryl methyl sites for hydroxylation is 3. The van der Waals surface area contributed by atoms with Crippen LogP contribution in [0.2, 0.25) is 0 Å². The number of benzene rings is 1. The highest BCUT2D eigenvalue weighted by molar-refractivity contribution is 6.04. The molecule has 1 aromatic rings. The van der Waals surface area contributed by atoms with Crippen molar-refractivity contribution in [2.75, 3.05) is 0 Å². The molecule has 4 nitrogen and oxygen atoms in total. The maximum atomic E-state index is 11.9. The molecule has 1 aliphatic carbocycles. The fourth-order valence-electron chi connectivity index (χ4n) is 2.22. The van der Waals surface area contributed by atoms with Crippen molar-refractivity contribution in [3.63, 3.8) is 0 Å². The van der Waals surface area contributed by atoms with E-state index in [-0.39, 0.29) is 5.91 Å². The van der Waals surface area contributed by atoms with E-state index in [1.54, 1.807) is 0 Å². The molecule has 1 saturated carbocycles. The van der Waals surface area contributed by atoms with Gasteiger partial charge in [0.05, 0.1) is 0 Å². The van der Waals surface area contributed by atoms with Gasteiger partial charge in [0, 0.05) is 6.54 Å². The van der Waals surface area contributed by atoms with Gasteiger partial charge in [0.25, 0.3) is 0 Å². The number of amides is 1. The van der Waals surface area contributed by atoms with Gasteiger partial charge in [-0.15, -0.1) is 0 Å². The summed E-state index contributed by atoms with van der Waals surface area (Å²) in [5.74, 6) is -1.38. The van der Waals surface area contributed by atoms with E-state index in [1.165, 1.54) is 11.1 Å². The molecule has 2 N–H and O–H groups in total. The number of carbonyl (C=O) groups excluding carboxylic acids is 1. The van der Waals surface area contributed by atoms with Gasteiger partial charge in [-0.25, -0.2) is 0 Å². The minimum Gasteiger partial charge on any atom is -0.480 e. The average Bonchev–Trinajstić information content (AvgIpc) is 3.13. The molecule has 1 amide bonds. The Morgan fingerprint density at radius 1 is 1.16 bits per heavy atom. The Kier molecular flexibility index (Phi) is 3.35. The Bertz CT molecular complexity index is 545. The maximum absolute atomic E-state index is 11.9. The number of aliphatic carboxylic acids is 1. The minimum absolute atomic E-state index is 0.363. The summed E-state index contributed by atoms with van der Waals surface area (Å²) in [5, 5.41) is 11.8. The highest BCUT2D eigenvalue weighted by Gasteiger charge is 2.56. The smallest absolute Gasteiger partial charge is 0.319 e. The molecule has 0 aliphatic heterocycles. The summed E-state index contributed by atoms with van der Waals surface area (Å²) in [4.78, 5) is 23.0. The molecule has 19 heavy (non-hydrogen) atoms. The Hall–Kier alpha value is -1.84. The third-order valence-electron chi connectivity index (χ3n) is 3.99. The standard InChI is InChI=1S/C15H19NO3/c1-9-6-11(3)12(7-10(9)2)8-16-13(17)15(4-5-15)14(18)19/h6-7H,4-5,8H2,1-3H3,(H,16,17)(H,18,19). The fraction of sp³-hybridized carbons (Fsp3) is 0.467. The first-order valence-corrected chi connectivity index (χ1v) is 6.45. The molecule has 1 fully saturated rings. The summed E-state index contributed by atoms with van der Waals surface area (Å²) in [5.41, 5.74) is 3.39. The van der Waals surface area contributed by atoms with Crippen molar-refractivity contribution in [3.8, 4) is 0 Å². The predicted molar refractivity (Wildman–Crippen MR) is 71.8 cm³/mol. The normalized spacial score (nSPS) is 15.9. The van der Waals surface area contributed by atoms with Crippen LogP contribution in [0.5, 0.6) is 0 Å². The molecular formula is C15H19NO3. The van der Waals surface area contributed by atoms with Crippen LogP contribution in [0.1, 0.15) is 35.1 Å². The van der Waals surface area contributed by atoms with Crippen molar-refractivity contribution in [2.45, 2.75) is 40.2 Å². The maximum Gasteiger partial charge on any atom is 0.319 e. The lowest BCUT2D eigenvalue weighted by Crippen LogP contribution is -2.36. The molecule has 1 aliphatic rings. The summed E-state index contributed by atoms with van der Waals surface area (Å²) in [6.45, 7) is 6.47. The lowest BCUT2D eigenvalue weighted by atomic mass is 10.0. The van der Waals surface area contributed by atoms with Gasteiger partial charge in [0.1, 0.15) is 5.41 Å². The monoisotopic (exact) mass is 261 g/mol. The second-order valence-electron chi connectivity index (χ2n) is 5.43. The van der Waals surface area contributed by atoms with Crippen LogP contribution in [0, 0.1) is 26.2 Å². The topological polar surface area (TPSA) is 66.4 Å². The van der Waals surface area contributed by atoms with Crippen molar-refractivity contribution >= 4 is 11.9 Å². The summed E-state index contributed by atoms with van der Waals surface area (Å²) in [6, 6.07) is 4.13. The van der Waals surface area contributed by atoms with Crippen molar-refractivity contribution < 1.29 is 14.7 Å². The number of carboxylic acid groups (broad SMARTS) is 1. The van der Waals surface area contributed by atoms with Crippen LogP contribution >= 0.6 is 0 Å². The third-order valence-corrected chi connectivity index (χ3v) is 3.99. The summed E-state index contributed by atoms with van der Waals surface area (Å²) < 4.78 is 0. The van der Waals surface area contributed by atoms with Crippen LogP contribution in [0.4, 0.5) is 0 Å². The Labute approximate surface area is 112 Å². The molecule has 0 heterocycles. The molecule has 0 unspecified atom stereocenters. The average molecular weight is 261 g/mol. The Balaban J connectivity index is 2.06. The van der Waals surface area contributed by atoms with Crippen LogP contribution in [-0.2, 0) is 16.1 Å². The quantitative estimate of drug-likeness (QED) is 0.816. The second kappa shape index (κ2) is 4.68. The van der Waals surface area contributed by atoms with Gasteiger partial charge in [-0.3, -0.25) is 9.59 Å². The number of rotatable bonds is 4. The molecule has 102 valence electrons. The SMILES string of the molecule is Cc1cc(C)c(CNC(=O)C2(C(=O)O)CC2)cc1C. The Morgan fingerprint density at radius 3 is 2.26 bits per heavy atom. The third kappa shape index (κ3) is 2.48. The van der Waals surface area contributed by atoms with Gasteiger partial charge in [-0.2, -0.15) is 0 Å². The van der Waals surface area contributed by atoms with Gasteiger partial charge < -0.3 is 10.4 Å². The number of carboxylic acids is 1. The van der Waals surface area contributed by atoms with E-state index in [2.05, 4.69) is 11.4 Å². The van der Waals surface area contributed by atoms with Crippen LogP contribution in [0.15, 0.2) is 12.1 Å². The van der Waals surface area contributed by atoms with E-state index in [4.69, 9.17) is 5.11 Å². The highest BCUT2D eigenvalue weighted by atomic mass is 16.4. The minimum atomic E-state index is -1.16. The van der Waals surface area contributed by atoms with Crippen LogP contribution in [-0.4, -0.2) is 17.0 Å². The molecular weight excluding hydrogens is 242 g/mol. The van der Waals surface area contributed by atoms with E-state index in [9.17, 15) is 9.59 Å². The van der Waals surface area contributed by atoms with Gasteiger partial charge in [0.15, 0.2) is 0 Å². The van der Waals surface area contributed by atoms with Crippen LogP contribution in [0.3, 0.4) is 0 Å². The molecule has 0 radical (unpaired) electrons. The first kappa shape index (κ1) is 13.6. The molecule has 0 atom stereocenters. The van der Waals surface area contributed by atoms with Crippen molar-refractivity contribution in [1.82, 2.24) is 5.32 Å². The number of hydrogen-bond acceptors (Lipinski definition) is 2. The van der Waals surface area contributed by atoms with Crippen molar-refractivity contribution in [2.24, 2.45) is 5.41 Å². The van der Waals surface area contributed by atoms with Gasteiger partial charge >= 0.3 is 5.97 Å². The number of nitrogens with one attached hydrogen (secondary N) is 1. The molecule has 2 rings (SSSR count). The lowest BCUT2D eigenvalue weighted by Gasteiger charge is -2.13. The first-order chi connectivity index (χ1) is 8.86. The first-order valence-electron chi connectivity index (χ1n) is 6.45. The van der Waals surface area contributed by atoms with Crippen molar-refractivity contribution in [3.05, 3.63) is 34.4 Å². The summed E-state index contributed by atoms with van der Waals surface area (Å²) in [6.07, 6.45) is 0.889. The van der Waals surface area contributed by atoms with E-state index >= 15 is 0 Å². The fourth-order valence-corrected chi connectivity index (χ4v) is 2.22. The highest BCUT2D eigenvalue weighted by Crippen LogP contribution is 2.46. The molecule has 0 bridgehead atoms. The van der Waals surface area contributed by atoms with Crippen LogP contribution < -0.4 is 5.32 Å². The van der Waals surface area contributed by atoms with Gasteiger partial charge in [0.2, 0.25) is 5.91 Å². The van der Waals surface area contributed by atoms with Crippen LogP contribution in [0.25, 0.3) is 0 Å². The zero-order chi connectivity index (χ0) is 14.2. The second-order valence-corrected chi connectivity index (χ2v) is 5.43. The van der Waals surface area contributed by atoms with E-state index in [0.29, 0.717) is 19.4 Å². The van der Waals surface area contributed by atoms with E-state index in [0.717, 1.165) is 11.1 Å². The molecule has 4 heteroatoms. The summed E-state index contributed by atoms with van der Waals surface area (Å²) >= 11 is 0. The number of hydrogen-bond donors (Lipinski definition) is 2. The van der Waals surface area contributed by atoms with Crippen molar-refractivity contribution in [1.29, 1.82) is 0 Å².